The van der Waals surface area contributed by atoms with E-state index in [2.05, 4.69) is 51.2 Å². The topological polar surface area (TPSA) is 69.6 Å². The molecule has 8 heteroatoms. The molecule has 35 heavy (non-hydrogen) atoms. The summed E-state index contributed by atoms with van der Waals surface area (Å²) in [7, 11) is -3.53. The Morgan fingerprint density at radius 1 is 0.800 bits per heavy atom. The predicted octanol–water partition coefficient (Wildman–Crippen LogP) is 4.20. The molecule has 0 atom stereocenters. The van der Waals surface area contributed by atoms with Crippen LogP contribution >= 0.6 is 0 Å². The maximum atomic E-state index is 13.4. The number of nitrogens with zero attached hydrogens (tertiary/aromatic N) is 5. The van der Waals surface area contributed by atoms with Crippen molar-refractivity contribution in [1.82, 2.24) is 14.5 Å². The zero-order valence-electron chi connectivity index (χ0n) is 20.5. The van der Waals surface area contributed by atoms with Crippen molar-refractivity contribution < 1.29 is 8.42 Å². The van der Waals surface area contributed by atoms with Gasteiger partial charge in [0, 0.05) is 50.5 Å². The highest BCUT2D eigenvalue weighted by molar-refractivity contribution is 7.89. The number of hydrogen-bond acceptors (Lipinski definition) is 6. The normalized spacial score (nSPS) is 18.1. The van der Waals surface area contributed by atoms with Crippen LogP contribution in [0.1, 0.15) is 25.3 Å². The average molecular weight is 492 g/mol. The second-order valence-electron chi connectivity index (χ2n) is 9.65. The molecule has 0 unspecified atom stereocenters. The number of anilines is 2. The molecule has 5 rings (SSSR count). The first-order chi connectivity index (χ1) is 16.9. The van der Waals surface area contributed by atoms with E-state index in [0.717, 1.165) is 56.0 Å². The SMILES string of the molecule is Cc1ccc(-c2ccc(N3CCN(c4ccccc4)CC3)nn2)cc1S(=O)(=O)N1CCC(C)CC1. The van der Waals surface area contributed by atoms with Gasteiger partial charge in [0.25, 0.3) is 0 Å². The van der Waals surface area contributed by atoms with Gasteiger partial charge in [-0.2, -0.15) is 4.31 Å². The highest BCUT2D eigenvalue weighted by Crippen LogP contribution is 2.29. The zero-order chi connectivity index (χ0) is 24.4. The summed E-state index contributed by atoms with van der Waals surface area (Å²) in [6, 6.07) is 19.9. The van der Waals surface area contributed by atoms with Crippen LogP contribution in [0.15, 0.2) is 65.6 Å². The van der Waals surface area contributed by atoms with Gasteiger partial charge in [0.05, 0.1) is 10.6 Å². The van der Waals surface area contributed by atoms with E-state index in [1.807, 2.05) is 37.3 Å². The molecule has 0 bridgehead atoms. The maximum absolute atomic E-state index is 13.4. The summed E-state index contributed by atoms with van der Waals surface area (Å²) in [6.45, 7) is 8.82. The smallest absolute Gasteiger partial charge is 0.243 e. The minimum atomic E-state index is -3.53. The Hall–Kier alpha value is -2.97. The molecule has 2 fully saturated rings. The fourth-order valence-corrected chi connectivity index (χ4v) is 6.60. The summed E-state index contributed by atoms with van der Waals surface area (Å²) in [5, 5.41) is 8.95. The molecule has 0 amide bonds. The molecule has 7 nitrogen and oxygen atoms in total. The quantitative estimate of drug-likeness (QED) is 0.533. The van der Waals surface area contributed by atoms with Crippen molar-refractivity contribution in [3.63, 3.8) is 0 Å². The largest absolute Gasteiger partial charge is 0.368 e. The van der Waals surface area contributed by atoms with E-state index < -0.39 is 10.0 Å². The van der Waals surface area contributed by atoms with Crippen molar-refractivity contribution in [2.45, 2.75) is 31.6 Å². The number of hydrogen-bond donors (Lipinski definition) is 0. The lowest BCUT2D eigenvalue weighted by molar-refractivity contribution is 0.288. The molecule has 3 heterocycles. The minimum Gasteiger partial charge on any atom is -0.368 e. The van der Waals surface area contributed by atoms with E-state index in [0.29, 0.717) is 29.6 Å². The number of piperazine rings is 1. The number of para-hydroxylation sites is 1. The van der Waals surface area contributed by atoms with Crippen LogP contribution in [0.4, 0.5) is 11.5 Å². The summed E-state index contributed by atoms with van der Waals surface area (Å²) < 4.78 is 28.4. The van der Waals surface area contributed by atoms with E-state index in [1.165, 1.54) is 5.69 Å². The van der Waals surface area contributed by atoms with Gasteiger partial charge in [-0.05, 0) is 61.6 Å². The highest BCUT2D eigenvalue weighted by atomic mass is 32.2. The molecule has 2 aliphatic heterocycles. The van der Waals surface area contributed by atoms with Gasteiger partial charge in [-0.3, -0.25) is 0 Å². The third-order valence-corrected chi connectivity index (χ3v) is 9.26. The number of benzene rings is 2. The van der Waals surface area contributed by atoms with Crippen LogP contribution in [0.25, 0.3) is 11.3 Å². The van der Waals surface area contributed by atoms with E-state index in [9.17, 15) is 8.42 Å². The Labute approximate surface area is 208 Å². The summed E-state index contributed by atoms with van der Waals surface area (Å²) in [4.78, 5) is 5.00. The molecule has 2 aliphatic rings. The molecule has 2 saturated heterocycles. The molecule has 2 aromatic carbocycles. The van der Waals surface area contributed by atoms with Gasteiger partial charge < -0.3 is 9.80 Å². The lowest BCUT2D eigenvalue weighted by Gasteiger charge is -2.36. The highest BCUT2D eigenvalue weighted by Gasteiger charge is 2.29. The summed E-state index contributed by atoms with van der Waals surface area (Å²) in [6.07, 6.45) is 1.81. The first-order valence-corrected chi connectivity index (χ1v) is 13.9. The lowest BCUT2D eigenvalue weighted by atomic mass is 10.0. The average Bonchev–Trinajstić information content (AvgIpc) is 2.90. The summed E-state index contributed by atoms with van der Waals surface area (Å²) >= 11 is 0. The van der Waals surface area contributed by atoms with Gasteiger partial charge in [0.2, 0.25) is 10.0 Å². The molecule has 1 aromatic heterocycles. The van der Waals surface area contributed by atoms with Crippen LogP contribution in [0.5, 0.6) is 0 Å². The Bertz CT molecular complexity index is 1250. The molecule has 184 valence electrons. The van der Waals surface area contributed by atoms with Crippen LogP contribution in [0, 0.1) is 12.8 Å². The van der Waals surface area contributed by atoms with Crippen molar-refractivity contribution in [3.8, 4) is 11.3 Å². The molecule has 0 radical (unpaired) electrons. The Morgan fingerprint density at radius 2 is 1.49 bits per heavy atom. The third kappa shape index (κ3) is 5.04. The first-order valence-electron chi connectivity index (χ1n) is 12.4. The zero-order valence-corrected chi connectivity index (χ0v) is 21.3. The van der Waals surface area contributed by atoms with Gasteiger partial charge in [-0.15, -0.1) is 10.2 Å². The minimum absolute atomic E-state index is 0.368. The Morgan fingerprint density at radius 3 is 2.14 bits per heavy atom. The van der Waals surface area contributed by atoms with E-state index >= 15 is 0 Å². The molecule has 0 N–H and O–H groups in total. The maximum Gasteiger partial charge on any atom is 0.243 e. The lowest BCUT2D eigenvalue weighted by Crippen LogP contribution is -2.46. The third-order valence-electron chi connectivity index (χ3n) is 7.22. The van der Waals surface area contributed by atoms with Crippen LogP contribution in [0.3, 0.4) is 0 Å². The number of rotatable bonds is 5. The fourth-order valence-electron chi connectivity index (χ4n) is 4.88. The van der Waals surface area contributed by atoms with Gasteiger partial charge in [-0.25, -0.2) is 8.42 Å². The second kappa shape index (κ2) is 9.95. The molecular formula is C27H33N5O2S. The first kappa shape index (κ1) is 23.8. The van der Waals surface area contributed by atoms with Gasteiger partial charge in [-0.1, -0.05) is 37.3 Å². The van der Waals surface area contributed by atoms with Gasteiger partial charge >= 0.3 is 0 Å². The summed E-state index contributed by atoms with van der Waals surface area (Å²) in [5.74, 6) is 1.42. The number of sulfonamides is 1. The van der Waals surface area contributed by atoms with Crippen LogP contribution in [-0.4, -0.2) is 62.2 Å². The molecule has 0 spiro atoms. The summed E-state index contributed by atoms with van der Waals surface area (Å²) in [5.41, 5.74) is 3.46. The van der Waals surface area contributed by atoms with Crippen molar-refractivity contribution in [2.75, 3.05) is 49.1 Å². The Balaban J connectivity index is 1.30. The Kier molecular flexibility index (Phi) is 6.75. The monoisotopic (exact) mass is 491 g/mol. The van der Waals surface area contributed by atoms with E-state index in [-0.39, 0.29) is 0 Å². The van der Waals surface area contributed by atoms with Crippen LogP contribution in [-0.2, 0) is 10.0 Å². The number of aryl methyl sites for hydroxylation is 1. The van der Waals surface area contributed by atoms with Crippen LogP contribution in [0.2, 0.25) is 0 Å². The number of piperidine rings is 1. The van der Waals surface area contributed by atoms with Gasteiger partial charge in [0.1, 0.15) is 0 Å². The molecular weight excluding hydrogens is 458 g/mol. The number of aromatic nitrogens is 2. The van der Waals surface area contributed by atoms with E-state index in [4.69, 9.17) is 0 Å². The molecule has 0 aliphatic carbocycles. The standard InChI is InChI=1S/C27H33N5O2S/c1-21-12-14-32(15-13-21)35(33,34)26-20-23(9-8-22(26)2)25-10-11-27(29-28-25)31-18-16-30(17-19-31)24-6-4-3-5-7-24/h3-11,20-21H,12-19H2,1-2H3. The predicted molar refractivity (Wildman–Crippen MR) is 140 cm³/mol. The van der Waals surface area contributed by atoms with Crippen molar-refractivity contribution in [1.29, 1.82) is 0 Å². The second-order valence-corrected chi connectivity index (χ2v) is 11.6. The van der Waals surface area contributed by atoms with Crippen molar-refractivity contribution in [3.05, 3.63) is 66.2 Å². The van der Waals surface area contributed by atoms with E-state index in [1.54, 1.807) is 10.4 Å². The van der Waals surface area contributed by atoms with Crippen molar-refractivity contribution in [2.24, 2.45) is 5.92 Å². The molecule has 0 saturated carbocycles. The fraction of sp³-hybridized carbons (Fsp3) is 0.407. The van der Waals surface area contributed by atoms with Crippen LogP contribution < -0.4 is 9.80 Å². The molecule has 3 aromatic rings. The van der Waals surface area contributed by atoms with Crippen molar-refractivity contribution >= 4 is 21.5 Å². The van der Waals surface area contributed by atoms with Gasteiger partial charge in [0.15, 0.2) is 5.82 Å².